The molecule has 0 spiro atoms. The van der Waals surface area contributed by atoms with Crippen molar-refractivity contribution >= 4 is 37.5 Å². The second kappa shape index (κ2) is 2.57. The molecule has 0 amide bonds. The van der Waals surface area contributed by atoms with Crippen LogP contribution in [0, 0.1) is 6.92 Å². The molecule has 0 radical (unpaired) electrons. The van der Waals surface area contributed by atoms with Gasteiger partial charge < -0.3 is 0 Å². The highest BCUT2D eigenvalue weighted by Crippen LogP contribution is 2.29. The normalized spacial score (nSPS) is 10.7. The Kier molecular flexibility index (Phi) is 1.69. The summed E-state index contributed by atoms with van der Waals surface area (Å²) in [5, 5.41) is 2.13. The molecule has 3 heteroatoms. The molecule has 2 rings (SSSR count). The molecule has 0 N–H and O–H groups in total. The molecular weight excluding hydrogens is 222 g/mol. The number of halogens is 1. The lowest BCUT2D eigenvalue weighted by Gasteiger charge is -1.91. The summed E-state index contributed by atoms with van der Waals surface area (Å²) < 4.78 is 2.38. The molecule has 0 bridgehead atoms. The highest BCUT2D eigenvalue weighted by Gasteiger charge is 2.02. The lowest BCUT2D eigenvalue weighted by Crippen LogP contribution is -1.74. The van der Waals surface area contributed by atoms with E-state index in [0.717, 1.165) is 9.99 Å². The summed E-state index contributed by atoms with van der Waals surface area (Å²) in [7, 11) is 0. The van der Waals surface area contributed by atoms with Gasteiger partial charge in [-0.25, -0.2) is 0 Å². The Morgan fingerprint density at radius 2 is 2.36 bits per heavy atom. The Morgan fingerprint density at radius 3 is 3.09 bits per heavy atom. The number of hydrogen-bond donors (Lipinski definition) is 0. The van der Waals surface area contributed by atoms with Gasteiger partial charge in [-0.2, -0.15) is 0 Å². The highest BCUT2D eigenvalue weighted by molar-refractivity contribution is 9.10. The van der Waals surface area contributed by atoms with Gasteiger partial charge in [0.05, 0.1) is 10.2 Å². The van der Waals surface area contributed by atoms with Crippen molar-refractivity contribution in [2.75, 3.05) is 0 Å². The molecule has 0 aromatic carbocycles. The maximum atomic E-state index is 4.28. The van der Waals surface area contributed by atoms with E-state index in [0.29, 0.717) is 0 Å². The third kappa shape index (κ3) is 1.08. The Balaban J connectivity index is 2.94. The van der Waals surface area contributed by atoms with Crippen LogP contribution < -0.4 is 0 Å². The van der Waals surface area contributed by atoms with E-state index in [9.17, 15) is 0 Å². The minimum Gasteiger partial charge on any atom is -0.255 e. The van der Waals surface area contributed by atoms with E-state index in [1.807, 2.05) is 12.3 Å². The van der Waals surface area contributed by atoms with E-state index < -0.39 is 0 Å². The quantitative estimate of drug-likeness (QED) is 0.673. The molecule has 0 saturated carbocycles. The fourth-order valence-corrected chi connectivity index (χ4v) is 2.52. The Bertz CT molecular complexity index is 394. The predicted octanol–water partition coefficient (Wildman–Crippen LogP) is 3.37. The first-order chi connectivity index (χ1) is 5.29. The van der Waals surface area contributed by atoms with Gasteiger partial charge in [0.1, 0.15) is 0 Å². The second-order valence-electron chi connectivity index (χ2n) is 2.39. The minimum absolute atomic E-state index is 1.12. The molecular formula is C8H6BrNS. The van der Waals surface area contributed by atoms with Crippen molar-refractivity contribution in [2.24, 2.45) is 0 Å². The number of thiophene rings is 1. The molecule has 2 aromatic rings. The van der Waals surface area contributed by atoms with Crippen LogP contribution in [0.1, 0.15) is 5.56 Å². The van der Waals surface area contributed by atoms with Crippen molar-refractivity contribution in [3.63, 3.8) is 0 Å². The van der Waals surface area contributed by atoms with Crippen LogP contribution in [0.25, 0.3) is 10.2 Å². The van der Waals surface area contributed by atoms with Crippen LogP contribution in [0.15, 0.2) is 22.1 Å². The summed E-state index contributed by atoms with van der Waals surface area (Å²) in [6.07, 6.45) is 1.83. The molecule has 56 valence electrons. The van der Waals surface area contributed by atoms with Crippen LogP contribution in [-0.4, -0.2) is 4.98 Å². The monoisotopic (exact) mass is 227 g/mol. The Hall–Kier alpha value is -0.410. The zero-order valence-electron chi connectivity index (χ0n) is 5.97. The topological polar surface area (TPSA) is 12.9 Å². The number of aromatic nitrogens is 1. The summed E-state index contributed by atoms with van der Waals surface area (Å²) in [5.74, 6) is 0. The first-order valence-corrected chi connectivity index (χ1v) is 4.94. The standard InChI is InChI=1S/C8H6BrNS/c1-5-4-11-8-6(9)2-3-10-7(5)8/h2-4H,1H3. The van der Waals surface area contributed by atoms with Gasteiger partial charge in [-0.3, -0.25) is 4.98 Å². The molecule has 2 heterocycles. The number of pyridine rings is 1. The average molecular weight is 228 g/mol. The number of hydrogen-bond acceptors (Lipinski definition) is 2. The van der Waals surface area contributed by atoms with E-state index in [2.05, 4.69) is 33.2 Å². The number of nitrogens with zero attached hydrogens (tertiary/aromatic N) is 1. The first kappa shape index (κ1) is 7.25. The third-order valence-corrected chi connectivity index (χ3v) is 3.63. The van der Waals surface area contributed by atoms with Gasteiger partial charge in [0.25, 0.3) is 0 Å². The van der Waals surface area contributed by atoms with Crippen molar-refractivity contribution in [1.29, 1.82) is 0 Å². The molecule has 0 unspecified atom stereocenters. The minimum atomic E-state index is 1.12. The third-order valence-electron chi connectivity index (χ3n) is 1.58. The van der Waals surface area contributed by atoms with Crippen LogP contribution in [0.4, 0.5) is 0 Å². The highest BCUT2D eigenvalue weighted by atomic mass is 79.9. The largest absolute Gasteiger partial charge is 0.255 e. The van der Waals surface area contributed by atoms with Crippen LogP contribution in [0.2, 0.25) is 0 Å². The van der Waals surface area contributed by atoms with Gasteiger partial charge in [-0.05, 0) is 39.9 Å². The Morgan fingerprint density at radius 1 is 1.55 bits per heavy atom. The van der Waals surface area contributed by atoms with Gasteiger partial charge in [0, 0.05) is 10.7 Å². The number of fused-ring (bicyclic) bond motifs is 1. The van der Waals surface area contributed by atoms with Crippen molar-refractivity contribution in [1.82, 2.24) is 4.98 Å². The SMILES string of the molecule is Cc1csc2c(Br)ccnc12. The van der Waals surface area contributed by atoms with Crippen LogP contribution in [-0.2, 0) is 0 Å². The maximum Gasteiger partial charge on any atom is 0.0850 e. The summed E-state index contributed by atoms with van der Waals surface area (Å²) >= 11 is 5.21. The number of rotatable bonds is 0. The van der Waals surface area contributed by atoms with E-state index in [-0.39, 0.29) is 0 Å². The predicted molar refractivity (Wildman–Crippen MR) is 52.1 cm³/mol. The fraction of sp³-hybridized carbons (Fsp3) is 0.125. The second-order valence-corrected chi connectivity index (χ2v) is 4.12. The lowest BCUT2D eigenvalue weighted by atomic mass is 10.3. The van der Waals surface area contributed by atoms with E-state index in [1.54, 1.807) is 11.3 Å². The summed E-state index contributed by atoms with van der Waals surface area (Å²) in [6, 6.07) is 1.97. The number of aryl methyl sites for hydroxylation is 1. The molecule has 0 saturated heterocycles. The molecule has 0 atom stereocenters. The van der Waals surface area contributed by atoms with Gasteiger partial charge in [0.15, 0.2) is 0 Å². The zero-order valence-corrected chi connectivity index (χ0v) is 8.37. The molecule has 0 aliphatic rings. The van der Waals surface area contributed by atoms with Gasteiger partial charge in [0.2, 0.25) is 0 Å². The van der Waals surface area contributed by atoms with Crippen LogP contribution >= 0.6 is 27.3 Å². The van der Waals surface area contributed by atoms with E-state index in [1.165, 1.54) is 10.3 Å². The van der Waals surface area contributed by atoms with Crippen molar-refractivity contribution < 1.29 is 0 Å². The molecule has 2 aromatic heterocycles. The van der Waals surface area contributed by atoms with Gasteiger partial charge >= 0.3 is 0 Å². The van der Waals surface area contributed by atoms with Gasteiger partial charge in [-0.1, -0.05) is 0 Å². The maximum absolute atomic E-state index is 4.28. The van der Waals surface area contributed by atoms with Crippen molar-refractivity contribution in [2.45, 2.75) is 6.92 Å². The summed E-state index contributed by atoms with van der Waals surface area (Å²) in [5.41, 5.74) is 2.37. The zero-order chi connectivity index (χ0) is 7.84. The average Bonchev–Trinajstić information content (AvgIpc) is 2.35. The van der Waals surface area contributed by atoms with Crippen LogP contribution in [0.5, 0.6) is 0 Å². The lowest BCUT2D eigenvalue weighted by molar-refractivity contribution is 1.38. The van der Waals surface area contributed by atoms with Crippen molar-refractivity contribution in [3.05, 3.63) is 27.7 Å². The summed E-state index contributed by atoms with van der Waals surface area (Å²) in [6.45, 7) is 2.08. The molecule has 0 fully saturated rings. The summed E-state index contributed by atoms with van der Waals surface area (Å²) in [4.78, 5) is 4.28. The van der Waals surface area contributed by atoms with Crippen LogP contribution in [0.3, 0.4) is 0 Å². The van der Waals surface area contributed by atoms with E-state index in [4.69, 9.17) is 0 Å². The Labute approximate surface area is 77.2 Å². The van der Waals surface area contributed by atoms with Crippen molar-refractivity contribution in [3.8, 4) is 0 Å². The smallest absolute Gasteiger partial charge is 0.0850 e. The molecule has 11 heavy (non-hydrogen) atoms. The van der Waals surface area contributed by atoms with E-state index >= 15 is 0 Å². The first-order valence-electron chi connectivity index (χ1n) is 3.27. The fourth-order valence-electron chi connectivity index (χ4n) is 1.02. The molecule has 1 nitrogen and oxygen atoms in total. The van der Waals surface area contributed by atoms with Gasteiger partial charge in [-0.15, -0.1) is 11.3 Å². The molecule has 0 aliphatic carbocycles. The molecule has 0 aliphatic heterocycles.